The molecule has 0 atom stereocenters. The first-order valence-electron chi connectivity index (χ1n) is 9.02. The van der Waals surface area contributed by atoms with Gasteiger partial charge in [-0.3, -0.25) is 9.59 Å². The van der Waals surface area contributed by atoms with Crippen molar-refractivity contribution in [2.75, 3.05) is 20.2 Å². The molecule has 0 radical (unpaired) electrons. The number of hydrogen-bond acceptors (Lipinski definition) is 3. The van der Waals surface area contributed by atoms with Crippen LogP contribution in [0.2, 0.25) is 5.02 Å². The predicted octanol–water partition coefficient (Wildman–Crippen LogP) is 3.31. The standard InChI is InChI=1S/C21H23ClN2O3/c1-27-19-7-5-15(6-8-19)13-20(25)24-11-9-18(10-12-24)23-21(26)16-3-2-4-17(22)14-16/h2-8,14,18H,9-13H2,1H3,(H,23,26). The monoisotopic (exact) mass is 386 g/mol. The van der Waals surface area contributed by atoms with Crippen LogP contribution in [-0.2, 0) is 11.2 Å². The molecule has 1 fully saturated rings. The Hall–Kier alpha value is -2.53. The molecule has 0 aliphatic carbocycles. The third-order valence-corrected chi connectivity index (χ3v) is 5.02. The molecule has 1 saturated heterocycles. The molecule has 2 aromatic carbocycles. The van der Waals surface area contributed by atoms with Crippen LogP contribution in [0.4, 0.5) is 0 Å². The van der Waals surface area contributed by atoms with Crippen LogP contribution >= 0.6 is 11.6 Å². The van der Waals surface area contributed by atoms with Crippen molar-refractivity contribution in [3.63, 3.8) is 0 Å². The molecule has 1 N–H and O–H groups in total. The van der Waals surface area contributed by atoms with Gasteiger partial charge in [0, 0.05) is 29.7 Å². The fraction of sp³-hybridized carbons (Fsp3) is 0.333. The van der Waals surface area contributed by atoms with Gasteiger partial charge in [0.25, 0.3) is 5.91 Å². The Balaban J connectivity index is 1.47. The molecule has 27 heavy (non-hydrogen) atoms. The van der Waals surface area contributed by atoms with E-state index in [1.54, 1.807) is 31.4 Å². The molecular formula is C21H23ClN2O3. The Labute approximate surface area is 164 Å². The number of amides is 2. The first-order chi connectivity index (χ1) is 13.0. The molecule has 0 saturated carbocycles. The highest BCUT2D eigenvalue weighted by Gasteiger charge is 2.24. The fourth-order valence-electron chi connectivity index (χ4n) is 3.20. The molecule has 0 bridgehead atoms. The summed E-state index contributed by atoms with van der Waals surface area (Å²) in [6.45, 7) is 1.30. The summed E-state index contributed by atoms with van der Waals surface area (Å²) >= 11 is 5.94. The zero-order valence-corrected chi connectivity index (χ0v) is 16.0. The number of carbonyl (C=O) groups excluding carboxylic acids is 2. The van der Waals surface area contributed by atoms with Gasteiger partial charge in [-0.25, -0.2) is 0 Å². The number of hydrogen-bond donors (Lipinski definition) is 1. The number of nitrogens with one attached hydrogen (secondary N) is 1. The first-order valence-corrected chi connectivity index (χ1v) is 9.40. The van der Waals surface area contributed by atoms with Gasteiger partial charge < -0.3 is 15.0 Å². The number of benzene rings is 2. The minimum Gasteiger partial charge on any atom is -0.497 e. The minimum atomic E-state index is -0.125. The summed E-state index contributed by atoms with van der Waals surface area (Å²) in [5.74, 6) is 0.766. The summed E-state index contributed by atoms with van der Waals surface area (Å²) in [5.41, 5.74) is 1.53. The van der Waals surface area contributed by atoms with Gasteiger partial charge in [-0.1, -0.05) is 29.8 Å². The van der Waals surface area contributed by atoms with Crippen LogP contribution in [0.1, 0.15) is 28.8 Å². The van der Waals surface area contributed by atoms with Crippen LogP contribution in [0.25, 0.3) is 0 Å². The Morgan fingerprint density at radius 1 is 1.15 bits per heavy atom. The summed E-state index contributed by atoms with van der Waals surface area (Å²) in [5, 5.41) is 3.58. The Kier molecular flexibility index (Phi) is 6.35. The van der Waals surface area contributed by atoms with Gasteiger partial charge in [0.2, 0.25) is 5.91 Å². The van der Waals surface area contributed by atoms with Crippen LogP contribution in [0.15, 0.2) is 48.5 Å². The molecule has 0 aromatic heterocycles. The van der Waals surface area contributed by atoms with Crippen molar-refractivity contribution in [3.05, 3.63) is 64.7 Å². The number of likely N-dealkylation sites (tertiary alicyclic amines) is 1. The summed E-state index contributed by atoms with van der Waals surface area (Å²) in [6.07, 6.45) is 1.88. The van der Waals surface area contributed by atoms with E-state index in [0.717, 1.165) is 24.2 Å². The topological polar surface area (TPSA) is 58.6 Å². The molecule has 142 valence electrons. The number of piperidine rings is 1. The van der Waals surface area contributed by atoms with Crippen molar-refractivity contribution in [2.45, 2.75) is 25.3 Å². The number of carbonyl (C=O) groups is 2. The van der Waals surface area contributed by atoms with Crippen LogP contribution in [0, 0.1) is 0 Å². The molecular weight excluding hydrogens is 364 g/mol. The molecule has 0 spiro atoms. The van der Waals surface area contributed by atoms with E-state index in [-0.39, 0.29) is 17.9 Å². The van der Waals surface area contributed by atoms with Gasteiger partial charge in [0.15, 0.2) is 0 Å². The van der Waals surface area contributed by atoms with E-state index in [0.29, 0.717) is 30.1 Å². The molecule has 2 amide bonds. The average molecular weight is 387 g/mol. The first kappa shape index (κ1) is 19.2. The van der Waals surface area contributed by atoms with E-state index < -0.39 is 0 Å². The number of rotatable bonds is 5. The van der Waals surface area contributed by atoms with Crippen molar-refractivity contribution >= 4 is 23.4 Å². The maximum absolute atomic E-state index is 12.5. The van der Waals surface area contributed by atoms with Gasteiger partial charge >= 0.3 is 0 Å². The van der Waals surface area contributed by atoms with Gasteiger partial charge in [-0.2, -0.15) is 0 Å². The highest BCUT2D eigenvalue weighted by Crippen LogP contribution is 2.16. The average Bonchev–Trinajstić information content (AvgIpc) is 2.69. The van der Waals surface area contributed by atoms with E-state index in [1.807, 2.05) is 29.2 Å². The van der Waals surface area contributed by atoms with E-state index >= 15 is 0 Å². The van der Waals surface area contributed by atoms with Crippen molar-refractivity contribution in [1.82, 2.24) is 10.2 Å². The number of nitrogens with zero attached hydrogens (tertiary/aromatic N) is 1. The zero-order chi connectivity index (χ0) is 19.2. The lowest BCUT2D eigenvalue weighted by molar-refractivity contribution is -0.131. The quantitative estimate of drug-likeness (QED) is 0.857. The van der Waals surface area contributed by atoms with Crippen molar-refractivity contribution < 1.29 is 14.3 Å². The van der Waals surface area contributed by atoms with E-state index in [1.165, 1.54) is 0 Å². The Morgan fingerprint density at radius 2 is 1.85 bits per heavy atom. The lowest BCUT2D eigenvalue weighted by Gasteiger charge is -2.32. The summed E-state index contributed by atoms with van der Waals surface area (Å²) in [4.78, 5) is 26.7. The lowest BCUT2D eigenvalue weighted by atomic mass is 10.0. The van der Waals surface area contributed by atoms with Crippen LogP contribution in [0.5, 0.6) is 5.75 Å². The number of halogens is 1. The second-order valence-electron chi connectivity index (χ2n) is 6.66. The normalized spacial score (nSPS) is 14.7. The molecule has 2 aromatic rings. The summed E-state index contributed by atoms with van der Waals surface area (Å²) in [6, 6.07) is 14.5. The maximum Gasteiger partial charge on any atom is 0.251 e. The third kappa shape index (κ3) is 5.23. The van der Waals surface area contributed by atoms with Gasteiger partial charge in [0.1, 0.15) is 5.75 Å². The van der Waals surface area contributed by atoms with Gasteiger partial charge in [-0.15, -0.1) is 0 Å². The minimum absolute atomic E-state index is 0.0709. The second-order valence-corrected chi connectivity index (χ2v) is 7.10. The summed E-state index contributed by atoms with van der Waals surface area (Å²) in [7, 11) is 1.62. The highest BCUT2D eigenvalue weighted by molar-refractivity contribution is 6.30. The van der Waals surface area contributed by atoms with Crippen LogP contribution in [-0.4, -0.2) is 43.0 Å². The molecule has 1 heterocycles. The second kappa shape index (κ2) is 8.91. The zero-order valence-electron chi connectivity index (χ0n) is 15.3. The van der Waals surface area contributed by atoms with E-state index in [4.69, 9.17) is 16.3 Å². The van der Waals surface area contributed by atoms with Crippen molar-refractivity contribution in [2.24, 2.45) is 0 Å². The largest absolute Gasteiger partial charge is 0.497 e. The number of ether oxygens (including phenoxy) is 1. The third-order valence-electron chi connectivity index (χ3n) is 4.78. The molecule has 1 aliphatic rings. The smallest absolute Gasteiger partial charge is 0.251 e. The predicted molar refractivity (Wildman–Crippen MR) is 105 cm³/mol. The Morgan fingerprint density at radius 3 is 2.48 bits per heavy atom. The lowest BCUT2D eigenvalue weighted by Crippen LogP contribution is -2.47. The molecule has 6 heteroatoms. The van der Waals surface area contributed by atoms with Gasteiger partial charge in [0.05, 0.1) is 13.5 Å². The maximum atomic E-state index is 12.5. The number of methoxy groups -OCH3 is 1. The van der Waals surface area contributed by atoms with Crippen molar-refractivity contribution in [1.29, 1.82) is 0 Å². The molecule has 1 aliphatic heterocycles. The fourth-order valence-corrected chi connectivity index (χ4v) is 3.39. The van der Waals surface area contributed by atoms with E-state index in [2.05, 4.69) is 5.32 Å². The SMILES string of the molecule is COc1ccc(CC(=O)N2CCC(NC(=O)c3cccc(Cl)c3)CC2)cc1. The highest BCUT2D eigenvalue weighted by atomic mass is 35.5. The van der Waals surface area contributed by atoms with Gasteiger partial charge in [-0.05, 0) is 48.7 Å². The molecule has 5 nitrogen and oxygen atoms in total. The van der Waals surface area contributed by atoms with Crippen molar-refractivity contribution in [3.8, 4) is 5.75 Å². The molecule has 0 unspecified atom stereocenters. The van der Waals surface area contributed by atoms with Crippen LogP contribution < -0.4 is 10.1 Å². The summed E-state index contributed by atoms with van der Waals surface area (Å²) < 4.78 is 5.14. The van der Waals surface area contributed by atoms with E-state index in [9.17, 15) is 9.59 Å². The molecule has 3 rings (SSSR count). The Bertz CT molecular complexity index is 799. The van der Waals surface area contributed by atoms with Crippen LogP contribution in [0.3, 0.4) is 0 Å².